The van der Waals surface area contributed by atoms with Gasteiger partial charge in [-0.15, -0.1) is 0 Å². The van der Waals surface area contributed by atoms with E-state index in [1.165, 1.54) is 6.42 Å². The molecule has 0 radical (unpaired) electrons. The number of fused-ring (bicyclic) bond motifs is 1. The Bertz CT molecular complexity index is 897. The summed E-state index contributed by atoms with van der Waals surface area (Å²) < 4.78 is 0. The van der Waals surface area contributed by atoms with E-state index in [1.54, 1.807) is 0 Å². The fourth-order valence-corrected chi connectivity index (χ4v) is 4.21. The van der Waals surface area contributed by atoms with Crippen molar-refractivity contribution in [1.29, 1.82) is 0 Å². The van der Waals surface area contributed by atoms with Gasteiger partial charge in [0.2, 0.25) is 0 Å². The van der Waals surface area contributed by atoms with Crippen molar-refractivity contribution in [1.82, 2.24) is 19.7 Å². The van der Waals surface area contributed by atoms with Crippen LogP contribution < -0.4 is 0 Å². The molecule has 6 heteroatoms. The van der Waals surface area contributed by atoms with Gasteiger partial charge in [0.1, 0.15) is 0 Å². The molecule has 0 spiro atoms. The fraction of sp³-hybridized carbons (Fsp3) is 0.500. The number of hydrogen-bond acceptors (Lipinski definition) is 3. The van der Waals surface area contributed by atoms with Crippen molar-refractivity contribution in [2.45, 2.75) is 33.1 Å². The molecule has 6 nitrogen and oxygen atoms in total. The third kappa shape index (κ3) is 3.68. The molecular formula is C22H28N4O2. The Kier molecular flexibility index (Phi) is 5.20. The van der Waals surface area contributed by atoms with Crippen LogP contribution in [0.4, 0.5) is 4.79 Å². The topological polar surface area (TPSA) is 56.8 Å². The first-order valence-corrected chi connectivity index (χ1v) is 10.2. The van der Waals surface area contributed by atoms with E-state index in [2.05, 4.69) is 4.98 Å². The lowest BCUT2D eigenvalue weighted by molar-refractivity contribution is 0.0634. The zero-order valence-electron chi connectivity index (χ0n) is 16.8. The van der Waals surface area contributed by atoms with Crippen LogP contribution in [0.3, 0.4) is 0 Å². The van der Waals surface area contributed by atoms with Gasteiger partial charge in [-0.1, -0.05) is 11.6 Å². The monoisotopic (exact) mass is 380 g/mol. The van der Waals surface area contributed by atoms with Crippen molar-refractivity contribution in [3.05, 3.63) is 41.1 Å². The zero-order chi connectivity index (χ0) is 19.7. The number of benzene rings is 1. The Morgan fingerprint density at radius 2 is 1.46 bits per heavy atom. The number of aryl methyl sites for hydroxylation is 2. The number of likely N-dealkylation sites (tertiary alicyclic amines) is 1. The maximum absolute atomic E-state index is 13.2. The Morgan fingerprint density at radius 1 is 0.821 bits per heavy atom. The summed E-state index contributed by atoms with van der Waals surface area (Å²) in [5, 5.41) is 0.905. The SMILES string of the molecule is Cc1ccc2nc(C)cc(C(=O)N3CCN(C(=O)N4CCCCC4)CC3)c2c1. The van der Waals surface area contributed by atoms with E-state index >= 15 is 0 Å². The third-order valence-corrected chi connectivity index (χ3v) is 5.79. The third-order valence-electron chi connectivity index (χ3n) is 5.79. The maximum Gasteiger partial charge on any atom is 0.320 e. The van der Waals surface area contributed by atoms with Crippen LogP contribution in [-0.4, -0.2) is 70.9 Å². The van der Waals surface area contributed by atoms with Crippen molar-refractivity contribution in [2.24, 2.45) is 0 Å². The molecule has 0 N–H and O–H groups in total. The number of aromatic nitrogens is 1. The second kappa shape index (κ2) is 7.78. The molecule has 1 aromatic carbocycles. The summed E-state index contributed by atoms with van der Waals surface area (Å²) >= 11 is 0. The van der Waals surface area contributed by atoms with E-state index in [-0.39, 0.29) is 11.9 Å². The summed E-state index contributed by atoms with van der Waals surface area (Å²) in [5.41, 5.74) is 3.53. The van der Waals surface area contributed by atoms with Gasteiger partial charge in [-0.25, -0.2) is 4.79 Å². The molecule has 0 atom stereocenters. The summed E-state index contributed by atoms with van der Waals surface area (Å²) in [6.45, 7) is 8.02. The Hall–Kier alpha value is -2.63. The molecule has 148 valence electrons. The average molecular weight is 380 g/mol. The number of amides is 3. The molecule has 0 unspecified atom stereocenters. The zero-order valence-corrected chi connectivity index (χ0v) is 16.8. The molecule has 3 heterocycles. The second-order valence-corrected chi connectivity index (χ2v) is 7.94. The van der Waals surface area contributed by atoms with Gasteiger partial charge in [0, 0.05) is 50.3 Å². The maximum atomic E-state index is 13.2. The van der Waals surface area contributed by atoms with Crippen LogP contribution in [0.5, 0.6) is 0 Å². The van der Waals surface area contributed by atoms with Gasteiger partial charge in [0.05, 0.1) is 11.1 Å². The molecule has 1 aromatic heterocycles. The van der Waals surface area contributed by atoms with Crippen LogP contribution in [0, 0.1) is 13.8 Å². The van der Waals surface area contributed by atoms with Gasteiger partial charge in [-0.05, 0) is 51.3 Å². The predicted molar refractivity (Wildman–Crippen MR) is 110 cm³/mol. The molecule has 2 aromatic rings. The molecule has 3 amide bonds. The minimum atomic E-state index is 0.0335. The van der Waals surface area contributed by atoms with Gasteiger partial charge in [-0.3, -0.25) is 9.78 Å². The summed E-state index contributed by atoms with van der Waals surface area (Å²) in [6.07, 6.45) is 3.40. The fourth-order valence-electron chi connectivity index (χ4n) is 4.21. The molecule has 0 bridgehead atoms. The lowest BCUT2D eigenvalue weighted by Crippen LogP contribution is -2.54. The largest absolute Gasteiger partial charge is 0.335 e. The number of carbonyl (C=O) groups is 2. The molecule has 2 saturated heterocycles. The molecular weight excluding hydrogens is 352 g/mol. The molecule has 2 aliphatic rings. The quantitative estimate of drug-likeness (QED) is 0.763. The lowest BCUT2D eigenvalue weighted by atomic mass is 10.0. The van der Waals surface area contributed by atoms with Crippen LogP contribution in [0.15, 0.2) is 24.3 Å². The normalized spacial score (nSPS) is 17.9. The second-order valence-electron chi connectivity index (χ2n) is 7.94. The van der Waals surface area contributed by atoms with E-state index in [0.29, 0.717) is 31.7 Å². The van der Waals surface area contributed by atoms with Crippen LogP contribution in [0.25, 0.3) is 10.9 Å². The Balaban J connectivity index is 1.48. The highest BCUT2D eigenvalue weighted by Crippen LogP contribution is 2.22. The molecule has 0 aliphatic carbocycles. The summed E-state index contributed by atoms with van der Waals surface area (Å²) in [5.74, 6) is 0.0335. The van der Waals surface area contributed by atoms with Crippen molar-refractivity contribution in [3.63, 3.8) is 0 Å². The Morgan fingerprint density at radius 3 is 2.18 bits per heavy atom. The standard InChI is InChI=1S/C22H28N4O2/c1-16-6-7-20-18(14-16)19(15-17(2)23-20)21(27)24-10-12-26(13-11-24)22(28)25-8-4-3-5-9-25/h6-7,14-15H,3-5,8-13H2,1-2H3. The summed E-state index contributed by atoms with van der Waals surface area (Å²) in [6, 6.07) is 8.05. The summed E-state index contributed by atoms with van der Waals surface area (Å²) in [7, 11) is 0. The minimum Gasteiger partial charge on any atom is -0.335 e. The van der Waals surface area contributed by atoms with Crippen LogP contribution in [0.1, 0.15) is 40.9 Å². The Labute approximate surface area is 166 Å². The molecule has 0 saturated carbocycles. The first kappa shape index (κ1) is 18.7. The van der Waals surface area contributed by atoms with E-state index in [1.807, 2.05) is 52.8 Å². The van der Waals surface area contributed by atoms with E-state index < -0.39 is 0 Å². The lowest BCUT2D eigenvalue weighted by Gasteiger charge is -2.38. The number of piperazine rings is 1. The first-order chi connectivity index (χ1) is 13.5. The van der Waals surface area contributed by atoms with E-state index in [9.17, 15) is 9.59 Å². The number of pyridine rings is 1. The smallest absolute Gasteiger partial charge is 0.320 e. The van der Waals surface area contributed by atoms with Gasteiger partial charge in [0.25, 0.3) is 5.91 Å². The van der Waals surface area contributed by atoms with Gasteiger partial charge >= 0.3 is 6.03 Å². The molecule has 2 fully saturated rings. The number of nitrogens with zero attached hydrogens (tertiary/aromatic N) is 4. The number of rotatable bonds is 1. The highest BCUT2D eigenvalue weighted by Gasteiger charge is 2.29. The highest BCUT2D eigenvalue weighted by molar-refractivity contribution is 6.06. The van der Waals surface area contributed by atoms with Crippen molar-refractivity contribution in [2.75, 3.05) is 39.3 Å². The number of urea groups is 1. The molecule has 2 aliphatic heterocycles. The highest BCUT2D eigenvalue weighted by atomic mass is 16.2. The predicted octanol–water partition coefficient (Wildman–Crippen LogP) is 3.22. The summed E-state index contributed by atoms with van der Waals surface area (Å²) in [4.78, 5) is 36.2. The minimum absolute atomic E-state index is 0.0335. The van der Waals surface area contributed by atoms with E-state index in [4.69, 9.17) is 0 Å². The van der Waals surface area contributed by atoms with Crippen molar-refractivity contribution >= 4 is 22.8 Å². The van der Waals surface area contributed by atoms with Gasteiger partial charge in [-0.2, -0.15) is 0 Å². The van der Waals surface area contributed by atoms with E-state index in [0.717, 1.165) is 48.1 Å². The van der Waals surface area contributed by atoms with Crippen LogP contribution >= 0.6 is 0 Å². The van der Waals surface area contributed by atoms with Crippen molar-refractivity contribution in [3.8, 4) is 0 Å². The molecule has 28 heavy (non-hydrogen) atoms. The van der Waals surface area contributed by atoms with Crippen LogP contribution in [-0.2, 0) is 0 Å². The van der Waals surface area contributed by atoms with Gasteiger partial charge in [0.15, 0.2) is 0 Å². The average Bonchev–Trinajstić information content (AvgIpc) is 2.73. The number of piperidine rings is 1. The van der Waals surface area contributed by atoms with Crippen LogP contribution in [0.2, 0.25) is 0 Å². The number of carbonyl (C=O) groups excluding carboxylic acids is 2. The molecule has 4 rings (SSSR count). The first-order valence-electron chi connectivity index (χ1n) is 10.2. The van der Waals surface area contributed by atoms with Gasteiger partial charge < -0.3 is 14.7 Å². The van der Waals surface area contributed by atoms with Crippen molar-refractivity contribution < 1.29 is 9.59 Å². The number of hydrogen-bond donors (Lipinski definition) is 0.